The third-order valence-electron chi connectivity index (χ3n) is 7.12. The zero-order valence-corrected chi connectivity index (χ0v) is 20.7. The van der Waals surface area contributed by atoms with Crippen LogP contribution >= 0.6 is 0 Å². The summed E-state index contributed by atoms with van der Waals surface area (Å²) in [6, 6.07) is 14.5. The molecule has 0 bridgehead atoms. The summed E-state index contributed by atoms with van der Waals surface area (Å²) in [6.07, 6.45) is 5.89. The quantitative estimate of drug-likeness (QED) is 0.463. The van der Waals surface area contributed by atoms with Crippen LogP contribution in [0.15, 0.2) is 49.0 Å². The van der Waals surface area contributed by atoms with Gasteiger partial charge in [-0.05, 0) is 80.7 Å². The fourth-order valence-electron chi connectivity index (χ4n) is 5.20. The first-order chi connectivity index (χ1) is 16.6. The molecule has 2 heterocycles. The maximum absolute atomic E-state index is 12.8. The highest BCUT2D eigenvalue weighted by Gasteiger charge is 2.32. The molecular formula is C29H39N3O2. The molecule has 2 unspecified atom stereocenters. The molecule has 2 aromatic rings. The zero-order valence-electron chi connectivity index (χ0n) is 20.7. The Kier molecular flexibility index (Phi) is 8.28. The second-order valence-corrected chi connectivity index (χ2v) is 9.46. The number of carbonyl (C=O) groups excluding carboxylic acids is 1. The first-order valence-corrected chi connectivity index (χ1v) is 12.9. The van der Waals surface area contributed by atoms with E-state index in [1.807, 2.05) is 37.3 Å². The summed E-state index contributed by atoms with van der Waals surface area (Å²) in [5.74, 6) is 1.17. The highest BCUT2D eigenvalue weighted by Crippen LogP contribution is 2.45. The van der Waals surface area contributed by atoms with Crippen LogP contribution in [0.3, 0.4) is 0 Å². The lowest BCUT2D eigenvalue weighted by molar-refractivity contribution is 0.0949. The second kappa shape index (κ2) is 11.6. The van der Waals surface area contributed by atoms with Crippen LogP contribution in [0.25, 0.3) is 5.57 Å². The largest absolute Gasteiger partial charge is 0.494 e. The van der Waals surface area contributed by atoms with Gasteiger partial charge in [0.15, 0.2) is 0 Å². The molecule has 0 aliphatic carbocycles. The van der Waals surface area contributed by atoms with Gasteiger partial charge in [0.1, 0.15) is 5.75 Å². The lowest BCUT2D eigenvalue weighted by atomic mass is 9.77. The molecule has 1 amide bonds. The summed E-state index contributed by atoms with van der Waals surface area (Å²) < 4.78 is 5.63. The van der Waals surface area contributed by atoms with Crippen LogP contribution in [0.2, 0.25) is 0 Å². The van der Waals surface area contributed by atoms with E-state index in [0.717, 1.165) is 61.5 Å². The molecule has 2 N–H and O–H groups in total. The Hall–Kier alpha value is -2.79. The van der Waals surface area contributed by atoms with Crippen LogP contribution in [-0.4, -0.2) is 43.6 Å². The number of benzene rings is 2. The number of nitrogens with zero attached hydrogens (tertiary/aromatic N) is 1. The van der Waals surface area contributed by atoms with E-state index < -0.39 is 0 Å². The Morgan fingerprint density at radius 3 is 2.62 bits per heavy atom. The molecule has 2 atom stereocenters. The molecule has 0 spiro atoms. The predicted octanol–water partition coefficient (Wildman–Crippen LogP) is 5.90. The molecule has 0 aromatic heterocycles. The van der Waals surface area contributed by atoms with Gasteiger partial charge in [-0.3, -0.25) is 4.79 Å². The number of carbonyl (C=O) groups is 1. The van der Waals surface area contributed by atoms with Crippen molar-refractivity contribution < 1.29 is 9.53 Å². The number of rotatable bonds is 10. The lowest BCUT2D eigenvalue weighted by Gasteiger charge is -2.37. The van der Waals surface area contributed by atoms with Crippen molar-refractivity contribution in [3.05, 3.63) is 65.7 Å². The van der Waals surface area contributed by atoms with E-state index in [4.69, 9.17) is 4.74 Å². The molecule has 182 valence electrons. The van der Waals surface area contributed by atoms with Gasteiger partial charge in [0.05, 0.1) is 12.6 Å². The summed E-state index contributed by atoms with van der Waals surface area (Å²) in [4.78, 5) is 15.3. The van der Waals surface area contributed by atoms with Gasteiger partial charge in [0.25, 0.3) is 5.91 Å². The summed E-state index contributed by atoms with van der Waals surface area (Å²) in [6.45, 7) is 13.3. The Morgan fingerprint density at radius 1 is 1.15 bits per heavy atom. The van der Waals surface area contributed by atoms with Gasteiger partial charge >= 0.3 is 0 Å². The molecule has 0 radical (unpaired) electrons. The van der Waals surface area contributed by atoms with Gasteiger partial charge < -0.3 is 20.3 Å². The Bertz CT molecular complexity index is 979. The number of ether oxygens (including phenoxy) is 1. The van der Waals surface area contributed by atoms with E-state index >= 15 is 0 Å². The number of nitrogens with one attached hydrogen (secondary N) is 2. The second-order valence-electron chi connectivity index (χ2n) is 9.46. The zero-order chi connectivity index (χ0) is 23.9. The van der Waals surface area contributed by atoms with Gasteiger partial charge in [-0.2, -0.15) is 0 Å². The maximum atomic E-state index is 12.8. The average molecular weight is 462 g/mol. The van der Waals surface area contributed by atoms with E-state index in [0.29, 0.717) is 18.7 Å². The van der Waals surface area contributed by atoms with Crippen LogP contribution in [-0.2, 0) is 0 Å². The third kappa shape index (κ3) is 5.64. The summed E-state index contributed by atoms with van der Waals surface area (Å²) in [5.41, 5.74) is 5.17. The Balaban J connectivity index is 1.50. The molecule has 2 aromatic carbocycles. The minimum Gasteiger partial charge on any atom is -0.494 e. The number of likely N-dealkylation sites (tertiary alicyclic amines) is 1. The maximum Gasteiger partial charge on any atom is 0.251 e. The first kappa shape index (κ1) is 24.3. The van der Waals surface area contributed by atoms with Gasteiger partial charge in [-0.15, -0.1) is 0 Å². The number of fused-ring (bicyclic) bond motifs is 1. The minimum absolute atomic E-state index is 0.00598. The fraction of sp³-hybridized carbons (Fsp3) is 0.483. The number of anilines is 1. The molecule has 1 fully saturated rings. The molecule has 34 heavy (non-hydrogen) atoms. The molecule has 5 heteroatoms. The third-order valence-corrected chi connectivity index (χ3v) is 7.12. The van der Waals surface area contributed by atoms with Crippen LogP contribution in [0.1, 0.15) is 73.5 Å². The van der Waals surface area contributed by atoms with Crippen molar-refractivity contribution in [1.29, 1.82) is 0 Å². The van der Waals surface area contributed by atoms with Crippen LogP contribution in [0, 0.1) is 5.92 Å². The van der Waals surface area contributed by atoms with Crippen LogP contribution in [0.4, 0.5) is 5.69 Å². The van der Waals surface area contributed by atoms with E-state index in [1.54, 1.807) is 0 Å². The summed E-state index contributed by atoms with van der Waals surface area (Å²) in [7, 11) is 0. The van der Waals surface area contributed by atoms with Crippen LogP contribution in [0.5, 0.6) is 5.75 Å². The molecule has 2 aliphatic heterocycles. The first-order valence-electron chi connectivity index (χ1n) is 12.9. The number of unbranched alkanes of at least 4 members (excludes halogenated alkanes) is 1. The molecule has 4 rings (SSSR count). The van der Waals surface area contributed by atoms with Crippen molar-refractivity contribution in [3.8, 4) is 5.75 Å². The van der Waals surface area contributed by atoms with Crippen molar-refractivity contribution in [2.75, 3.05) is 38.1 Å². The molecule has 2 aliphatic rings. The lowest BCUT2D eigenvalue weighted by Crippen LogP contribution is -2.33. The average Bonchev–Trinajstić information content (AvgIpc) is 3.37. The number of amides is 1. The van der Waals surface area contributed by atoms with Gasteiger partial charge in [0.2, 0.25) is 0 Å². The molecule has 5 nitrogen and oxygen atoms in total. The normalized spacial score (nSPS) is 20.0. The fourth-order valence-corrected chi connectivity index (χ4v) is 5.20. The van der Waals surface area contributed by atoms with Crippen molar-refractivity contribution in [1.82, 2.24) is 10.2 Å². The van der Waals surface area contributed by atoms with E-state index in [1.165, 1.54) is 18.4 Å². The predicted molar refractivity (Wildman–Crippen MR) is 140 cm³/mol. The highest BCUT2D eigenvalue weighted by atomic mass is 16.5. The topological polar surface area (TPSA) is 53.6 Å². The number of hydrogen-bond donors (Lipinski definition) is 2. The highest BCUT2D eigenvalue weighted by molar-refractivity contribution is 5.96. The Labute approximate surface area is 204 Å². The van der Waals surface area contributed by atoms with E-state index in [9.17, 15) is 4.79 Å². The van der Waals surface area contributed by atoms with Crippen molar-refractivity contribution in [3.63, 3.8) is 0 Å². The standard InChI is InChI=1S/C29H39N3O2/c1-4-6-9-25-21(3)26-20-23(29(33)30-16-19-32-17-7-8-18-32)12-15-27(26)31-28(25)22-10-13-24(14-11-22)34-5-2/h10-15,20,25,28,31H,3-9,16-19H2,1-2H3,(H,30,33). The van der Waals surface area contributed by atoms with E-state index in [-0.39, 0.29) is 17.9 Å². The molecule has 1 saturated heterocycles. The summed E-state index contributed by atoms with van der Waals surface area (Å²) in [5, 5.41) is 6.86. The summed E-state index contributed by atoms with van der Waals surface area (Å²) >= 11 is 0. The SMILES string of the molecule is C=C1c2cc(C(=O)NCCN3CCCC3)ccc2NC(c2ccc(OCC)cc2)C1CCCC. The van der Waals surface area contributed by atoms with Gasteiger partial charge in [-0.1, -0.05) is 38.5 Å². The van der Waals surface area contributed by atoms with Crippen LogP contribution < -0.4 is 15.4 Å². The smallest absolute Gasteiger partial charge is 0.251 e. The minimum atomic E-state index is -0.00598. The van der Waals surface area contributed by atoms with Crippen molar-refractivity contribution in [2.45, 2.75) is 52.0 Å². The Morgan fingerprint density at radius 2 is 1.91 bits per heavy atom. The monoisotopic (exact) mass is 461 g/mol. The molecular weight excluding hydrogens is 422 g/mol. The number of hydrogen-bond acceptors (Lipinski definition) is 4. The molecule has 0 saturated carbocycles. The van der Waals surface area contributed by atoms with Gasteiger partial charge in [0, 0.05) is 35.8 Å². The van der Waals surface area contributed by atoms with E-state index in [2.05, 4.69) is 41.2 Å². The van der Waals surface area contributed by atoms with Gasteiger partial charge in [-0.25, -0.2) is 0 Å². The van der Waals surface area contributed by atoms with Crippen molar-refractivity contribution >= 4 is 17.2 Å². The van der Waals surface area contributed by atoms with Crippen molar-refractivity contribution in [2.24, 2.45) is 5.92 Å².